The molecule has 9 nitrogen and oxygen atoms in total. The summed E-state index contributed by atoms with van der Waals surface area (Å²) in [6.45, 7) is 0. The van der Waals surface area contributed by atoms with Gasteiger partial charge in [-0.05, 0) is 47.4 Å². The van der Waals surface area contributed by atoms with Gasteiger partial charge in [-0.15, -0.1) is 0 Å². The lowest BCUT2D eigenvalue weighted by molar-refractivity contribution is -0.192. The number of halogens is 5. The number of aliphatic imine (C=N–C) groups is 1. The molecule has 14 heteroatoms. The molecule has 0 unspecified atom stereocenters. The number of nitrogens with one attached hydrogen (secondary N) is 1. The lowest BCUT2D eigenvalue weighted by Crippen LogP contribution is -2.40. The molecule has 0 bridgehead atoms. The van der Waals surface area contributed by atoms with Crippen LogP contribution in [0.15, 0.2) is 71.7 Å². The second kappa shape index (κ2) is 16.6. The van der Waals surface area contributed by atoms with E-state index in [1.807, 2.05) is 30.3 Å². The molecule has 0 aliphatic heterocycles. The van der Waals surface area contributed by atoms with Crippen molar-refractivity contribution >= 4 is 23.6 Å². The molecule has 1 atom stereocenters. The quantitative estimate of drug-likeness (QED) is 0.163. The Bertz CT molecular complexity index is 1470. The van der Waals surface area contributed by atoms with Gasteiger partial charge in [-0.3, -0.25) is 14.9 Å². The van der Waals surface area contributed by atoms with Crippen LogP contribution >= 0.6 is 0 Å². The third kappa shape index (κ3) is 11.7. The predicted octanol–water partition coefficient (Wildman–Crippen LogP) is 4.40. The van der Waals surface area contributed by atoms with Crippen molar-refractivity contribution < 1.29 is 50.9 Å². The Morgan fingerprint density at radius 3 is 1.93 bits per heavy atom. The number of nitrogens with zero attached hydrogens (tertiary/aromatic N) is 1. The number of Topliss-reactive ketones (excluding diaryl/α,β-unsaturated/α-hetero) is 1. The summed E-state index contributed by atoms with van der Waals surface area (Å²) < 4.78 is 69.0. The molecule has 0 aromatic heterocycles. The number of aliphatic carboxylic acids is 1. The molecule has 0 heterocycles. The van der Waals surface area contributed by atoms with Crippen LogP contribution < -0.4 is 20.5 Å². The fraction of sp³-hybridized carbons (Fsp3) is 0.267. The van der Waals surface area contributed by atoms with E-state index in [2.05, 4.69) is 10.3 Å². The summed E-state index contributed by atoms with van der Waals surface area (Å²) in [4.78, 5) is 38.8. The van der Waals surface area contributed by atoms with Crippen LogP contribution in [-0.4, -0.2) is 55.2 Å². The monoisotopic (exact) mass is 623 g/mol. The summed E-state index contributed by atoms with van der Waals surface area (Å²) in [7, 11) is 2.71. The number of carbonyl (C=O) groups is 3. The molecule has 3 aromatic carbocycles. The number of benzene rings is 3. The zero-order valence-electron chi connectivity index (χ0n) is 23.7. The number of nitrogens with two attached hydrogens (primary N) is 1. The molecule has 0 saturated carbocycles. The third-order valence-corrected chi connectivity index (χ3v) is 5.90. The maximum atomic E-state index is 13.7. The van der Waals surface area contributed by atoms with Crippen molar-refractivity contribution in [2.45, 2.75) is 37.9 Å². The van der Waals surface area contributed by atoms with Crippen molar-refractivity contribution in [3.63, 3.8) is 0 Å². The molecule has 1 amide bonds. The van der Waals surface area contributed by atoms with E-state index < -0.39 is 35.7 Å². The van der Waals surface area contributed by atoms with Gasteiger partial charge in [0.15, 0.2) is 34.9 Å². The molecular formula is C30H30F5N3O6. The summed E-state index contributed by atoms with van der Waals surface area (Å²) in [6, 6.07) is 17.0. The number of ketones is 1. The summed E-state index contributed by atoms with van der Waals surface area (Å²) in [5.74, 6) is -4.49. The topological polar surface area (TPSA) is 140 Å². The first-order valence-corrected chi connectivity index (χ1v) is 12.9. The molecule has 0 fully saturated rings. The molecule has 0 aliphatic carbocycles. The molecule has 3 aromatic rings. The van der Waals surface area contributed by atoms with Crippen LogP contribution in [0.5, 0.6) is 11.5 Å². The number of hydrogen-bond acceptors (Lipinski definition) is 6. The lowest BCUT2D eigenvalue weighted by atomic mass is 9.98. The second-order valence-electron chi connectivity index (χ2n) is 9.15. The van der Waals surface area contributed by atoms with Gasteiger partial charge in [0.1, 0.15) is 6.04 Å². The largest absolute Gasteiger partial charge is 0.494 e. The van der Waals surface area contributed by atoms with Gasteiger partial charge in [0, 0.05) is 12.8 Å². The van der Waals surface area contributed by atoms with E-state index in [0.29, 0.717) is 12.0 Å². The summed E-state index contributed by atoms with van der Waals surface area (Å²) in [5, 5.41) is 9.62. The Morgan fingerprint density at radius 1 is 0.886 bits per heavy atom. The number of carboxylic acids is 1. The van der Waals surface area contributed by atoms with Crippen LogP contribution in [0.25, 0.3) is 0 Å². The number of hydrogen-bond donors (Lipinski definition) is 3. The molecule has 0 saturated heterocycles. The van der Waals surface area contributed by atoms with Gasteiger partial charge in [-0.25, -0.2) is 18.6 Å². The summed E-state index contributed by atoms with van der Waals surface area (Å²) in [6.07, 6.45) is -4.39. The molecule has 236 valence electrons. The number of rotatable bonds is 11. The number of carbonyl (C=O) groups excluding carboxylic acids is 2. The SMILES string of the molecule is COc1cc(CCC(=O)[C@@H](Cc2ccccc2)N=C(N)NC(=O)Cc2ccc(F)c(OC)c2)ccc1F.O=C(O)C(F)(F)F. The normalized spacial score (nSPS) is 11.9. The molecule has 0 spiro atoms. The minimum atomic E-state index is -5.08. The Kier molecular flexibility index (Phi) is 13.3. The van der Waals surface area contributed by atoms with Gasteiger partial charge in [0.2, 0.25) is 5.91 Å². The molecule has 0 aliphatic rings. The molecular weight excluding hydrogens is 593 g/mol. The highest BCUT2D eigenvalue weighted by Crippen LogP contribution is 2.20. The standard InChI is InChI=1S/C28H29F2N3O4.C2HF3O2/c1-36-25-15-19(8-11-21(25)29)10-13-24(34)23(14-18-6-4-3-5-7-18)32-28(31)33-27(35)17-20-9-12-22(30)26(16-20)37-2;3-2(4,5)1(6)7/h3-9,11-12,15-16,23H,10,13-14,17H2,1-2H3,(H3,31,32,33,35);(H,6,7)/t23-;/m1./s1. The van der Waals surface area contributed by atoms with Crippen molar-refractivity contribution in [3.8, 4) is 11.5 Å². The molecule has 3 rings (SSSR count). The van der Waals surface area contributed by atoms with E-state index in [0.717, 1.165) is 11.1 Å². The lowest BCUT2D eigenvalue weighted by Gasteiger charge is -2.14. The highest BCUT2D eigenvalue weighted by molar-refractivity contribution is 5.98. The number of ether oxygens (including phenoxy) is 2. The fourth-order valence-electron chi connectivity index (χ4n) is 3.75. The van der Waals surface area contributed by atoms with Crippen LogP contribution in [0.2, 0.25) is 0 Å². The van der Waals surface area contributed by atoms with Crippen molar-refractivity contribution in [1.82, 2.24) is 5.32 Å². The van der Waals surface area contributed by atoms with Crippen molar-refractivity contribution in [2.75, 3.05) is 14.2 Å². The van der Waals surface area contributed by atoms with Gasteiger partial charge in [0.05, 0.1) is 20.6 Å². The fourth-order valence-corrected chi connectivity index (χ4v) is 3.75. The van der Waals surface area contributed by atoms with Crippen LogP contribution in [0.3, 0.4) is 0 Å². The summed E-state index contributed by atoms with van der Waals surface area (Å²) >= 11 is 0. The van der Waals surface area contributed by atoms with Gasteiger partial charge in [-0.1, -0.05) is 42.5 Å². The smallest absolute Gasteiger partial charge is 0.490 e. The number of amides is 1. The Labute approximate surface area is 249 Å². The van der Waals surface area contributed by atoms with E-state index in [4.69, 9.17) is 25.1 Å². The van der Waals surface area contributed by atoms with E-state index in [1.165, 1.54) is 38.5 Å². The zero-order chi connectivity index (χ0) is 32.9. The average Bonchev–Trinajstić information content (AvgIpc) is 2.97. The zero-order valence-corrected chi connectivity index (χ0v) is 23.7. The van der Waals surface area contributed by atoms with Crippen molar-refractivity contribution in [3.05, 3.63) is 95.1 Å². The van der Waals surface area contributed by atoms with E-state index in [1.54, 1.807) is 12.1 Å². The van der Waals surface area contributed by atoms with E-state index >= 15 is 0 Å². The number of aryl methyl sites for hydroxylation is 1. The van der Waals surface area contributed by atoms with Gasteiger partial charge >= 0.3 is 12.1 Å². The highest BCUT2D eigenvalue weighted by Gasteiger charge is 2.38. The first kappa shape index (κ1) is 35.2. The Hall–Kier alpha value is -5.01. The first-order valence-electron chi connectivity index (χ1n) is 12.9. The number of alkyl halides is 3. The van der Waals surface area contributed by atoms with Gasteiger partial charge in [0.25, 0.3) is 0 Å². The van der Waals surface area contributed by atoms with Crippen LogP contribution in [0.4, 0.5) is 22.0 Å². The maximum Gasteiger partial charge on any atom is 0.490 e. The molecule has 44 heavy (non-hydrogen) atoms. The maximum absolute atomic E-state index is 13.7. The predicted molar refractivity (Wildman–Crippen MR) is 150 cm³/mol. The average molecular weight is 624 g/mol. The van der Waals surface area contributed by atoms with E-state index in [-0.39, 0.29) is 42.5 Å². The number of guanidine groups is 1. The number of carboxylic acid groups (broad SMARTS) is 1. The van der Waals surface area contributed by atoms with Crippen molar-refractivity contribution in [2.24, 2.45) is 10.7 Å². The minimum absolute atomic E-state index is 0.0271. The second-order valence-corrected chi connectivity index (χ2v) is 9.15. The van der Waals surface area contributed by atoms with Gasteiger partial charge in [-0.2, -0.15) is 13.2 Å². The molecule has 0 radical (unpaired) electrons. The van der Waals surface area contributed by atoms with Crippen LogP contribution in [0.1, 0.15) is 23.1 Å². The van der Waals surface area contributed by atoms with E-state index in [9.17, 15) is 31.5 Å². The van der Waals surface area contributed by atoms with Crippen LogP contribution in [-0.2, 0) is 33.6 Å². The Balaban J connectivity index is 0.000000860. The van der Waals surface area contributed by atoms with Crippen molar-refractivity contribution in [1.29, 1.82) is 0 Å². The van der Waals surface area contributed by atoms with Gasteiger partial charge < -0.3 is 20.3 Å². The van der Waals surface area contributed by atoms with Crippen LogP contribution in [0, 0.1) is 11.6 Å². The first-order chi connectivity index (χ1) is 20.7. The number of methoxy groups -OCH3 is 2. The summed E-state index contributed by atoms with van der Waals surface area (Å²) in [5.41, 5.74) is 8.13. The molecule has 4 N–H and O–H groups in total. The highest BCUT2D eigenvalue weighted by atomic mass is 19.4. The Morgan fingerprint density at radius 2 is 1.41 bits per heavy atom. The third-order valence-electron chi connectivity index (χ3n) is 5.90. The minimum Gasteiger partial charge on any atom is -0.494 e.